The van der Waals surface area contributed by atoms with Gasteiger partial charge in [-0.15, -0.1) is 12.4 Å². The van der Waals surface area contributed by atoms with Crippen molar-refractivity contribution in [1.29, 1.82) is 0 Å². The summed E-state index contributed by atoms with van der Waals surface area (Å²) in [5, 5.41) is 3.31. The lowest BCUT2D eigenvalue weighted by molar-refractivity contribution is -0.132. The lowest BCUT2D eigenvalue weighted by atomic mass is 10.0. The minimum atomic E-state index is 0. The Balaban J connectivity index is 0.00000144. The van der Waals surface area contributed by atoms with Crippen LogP contribution in [0.25, 0.3) is 0 Å². The Bertz CT molecular complexity index is 254. The van der Waals surface area contributed by atoms with Gasteiger partial charge in [-0.3, -0.25) is 4.79 Å². The monoisotopic (exact) mass is 260 g/mol. The molecule has 1 saturated heterocycles. The van der Waals surface area contributed by atoms with E-state index in [0.29, 0.717) is 17.9 Å². The zero-order valence-electron chi connectivity index (χ0n) is 10.9. The number of likely N-dealkylation sites (N-methyl/N-ethyl adjacent to an activating group) is 1. The first kappa shape index (κ1) is 14.8. The molecule has 17 heavy (non-hydrogen) atoms. The van der Waals surface area contributed by atoms with Gasteiger partial charge in [-0.25, -0.2) is 0 Å². The van der Waals surface area contributed by atoms with E-state index in [-0.39, 0.29) is 12.4 Å². The number of nitrogens with zero attached hydrogens (tertiary/aromatic N) is 1. The summed E-state index contributed by atoms with van der Waals surface area (Å²) in [6.45, 7) is 4.33. The van der Waals surface area contributed by atoms with Gasteiger partial charge in [0.05, 0.1) is 0 Å². The van der Waals surface area contributed by atoms with E-state index < -0.39 is 0 Å². The second-order valence-corrected chi connectivity index (χ2v) is 5.64. The molecule has 3 nitrogen and oxygen atoms in total. The largest absolute Gasteiger partial charge is 0.341 e. The van der Waals surface area contributed by atoms with E-state index in [0.717, 1.165) is 31.8 Å². The van der Waals surface area contributed by atoms with E-state index >= 15 is 0 Å². The topological polar surface area (TPSA) is 32.3 Å². The van der Waals surface area contributed by atoms with Crippen molar-refractivity contribution in [3.8, 4) is 0 Å². The minimum absolute atomic E-state index is 0. The average Bonchev–Trinajstić information content (AvgIpc) is 2.88. The van der Waals surface area contributed by atoms with Crippen LogP contribution in [0.2, 0.25) is 0 Å². The van der Waals surface area contributed by atoms with Crippen molar-refractivity contribution in [2.45, 2.75) is 45.1 Å². The maximum atomic E-state index is 12.1. The number of halogens is 1. The molecule has 0 spiro atoms. The van der Waals surface area contributed by atoms with Gasteiger partial charge < -0.3 is 10.2 Å². The maximum absolute atomic E-state index is 12.1. The highest BCUT2D eigenvalue weighted by atomic mass is 35.5. The SMILES string of the molecule is CC1CCC(CC(=O)N(C)C2CCNC2)C1.Cl. The van der Waals surface area contributed by atoms with Crippen LogP contribution in [0.5, 0.6) is 0 Å². The fourth-order valence-corrected chi connectivity index (χ4v) is 3.07. The Kier molecular flexibility index (Phi) is 5.74. The second-order valence-electron chi connectivity index (χ2n) is 5.64. The molecule has 0 aromatic carbocycles. The van der Waals surface area contributed by atoms with Crippen molar-refractivity contribution < 1.29 is 4.79 Å². The van der Waals surface area contributed by atoms with Gasteiger partial charge in [-0.05, 0) is 37.6 Å². The van der Waals surface area contributed by atoms with E-state index in [4.69, 9.17) is 0 Å². The van der Waals surface area contributed by atoms with Crippen LogP contribution in [-0.4, -0.2) is 37.0 Å². The highest BCUT2D eigenvalue weighted by molar-refractivity contribution is 5.85. The van der Waals surface area contributed by atoms with Crippen LogP contribution in [0.15, 0.2) is 0 Å². The summed E-state index contributed by atoms with van der Waals surface area (Å²) in [5.41, 5.74) is 0. The quantitative estimate of drug-likeness (QED) is 0.843. The first-order chi connectivity index (χ1) is 7.66. The molecule has 3 unspecified atom stereocenters. The lowest BCUT2D eigenvalue weighted by Crippen LogP contribution is -2.38. The van der Waals surface area contributed by atoms with Crippen LogP contribution in [0.3, 0.4) is 0 Å². The summed E-state index contributed by atoms with van der Waals surface area (Å²) in [7, 11) is 1.97. The van der Waals surface area contributed by atoms with E-state index in [1.165, 1.54) is 19.3 Å². The Morgan fingerprint density at radius 1 is 1.35 bits per heavy atom. The summed E-state index contributed by atoms with van der Waals surface area (Å²) >= 11 is 0. The Hall–Kier alpha value is -0.280. The Labute approximate surface area is 111 Å². The Morgan fingerprint density at radius 3 is 2.65 bits per heavy atom. The standard InChI is InChI=1S/C13H24N2O.ClH/c1-10-3-4-11(7-10)8-13(16)15(2)12-5-6-14-9-12;/h10-12,14H,3-9H2,1-2H3;1H. The maximum Gasteiger partial charge on any atom is 0.222 e. The van der Waals surface area contributed by atoms with Gasteiger partial charge in [-0.1, -0.05) is 13.3 Å². The van der Waals surface area contributed by atoms with Gasteiger partial charge in [0.2, 0.25) is 5.91 Å². The van der Waals surface area contributed by atoms with Gasteiger partial charge >= 0.3 is 0 Å². The van der Waals surface area contributed by atoms with Crippen molar-refractivity contribution in [2.24, 2.45) is 11.8 Å². The van der Waals surface area contributed by atoms with Gasteiger partial charge in [0.15, 0.2) is 0 Å². The fraction of sp³-hybridized carbons (Fsp3) is 0.923. The molecule has 1 aliphatic carbocycles. The molecular formula is C13H25ClN2O. The molecular weight excluding hydrogens is 236 g/mol. The number of hydrogen-bond acceptors (Lipinski definition) is 2. The molecule has 2 aliphatic rings. The zero-order valence-corrected chi connectivity index (χ0v) is 11.8. The van der Waals surface area contributed by atoms with Crippen molar-refractivity contribution in [2.75, 3.05) is 20.1 Å². The first-order valence-electron chi connectivity index (χ1n) is 6.63. The summed E-state index contributed by atoms with van der Waals surface area (Å²) in [5.74, 6) is 1.84. The summed E-state index contributed by atoms with van der Waals surface area (Å²) in [6, 6.07) is 0.436. The third-order valence-corrected chi connectivity index (χ3v) is 4.24. The van der Waals surface area contributed by atoms with Crippen LogP contribution < -0.4 is 5.32 Å². The van der Waals surface area contributed by atoms with Gasteiger partial charge in [-0.2, -0.15) is 0 Å². The third-order valence-electron chi connectivity index (χ3n) is 4.24. The number of hydrogen-bond donors (Lipinski definition) is 1. The molecule has 100 valence electrons. The number of nitrogens with one attached hydrogen (secondary N) is 1. The second kappa shape index (κ2) is 6.60. The van der Waals surface area contributed by atoms with Crippen molar-refractivity contribution >= 4 is 18.3 Å². The number of rotatable bonds is 3. The summed E-state index contributed by atoms with van der Waals surface area (Å²) in [6.07, 6.45) is 5.71. The van der Waals surface area contributed by atoms with Gasteiger partial charge in [0, 0.05) is 26.1 Å². The molecule has 4 heteroatoms. The molecule has 2 rings (SSSR count). The first-order valence-corrected chi connectivity index (χ1v) is 6.63. The van der Waals surface area contributed by atoms with Gasteiger partial charge in [0.25, 0.3) is 0 Å². The van der Waals surface area contributed by atoms with E-state index in [9.17, 15) is 4.79 Å². The third kappa shape index (κ3) is 3.85. The van der Waals surface area contributed by atoms with Gasteiger partial charge in [0.1, 0.15) is 0 Å². The minimum Gasteiger partial charge on any atom is -0.341 e. The zero-order chi connectivity index (χ0) is 11.5. The average molecular weight is 261 g/mol. The van der Waals surface area contributed by atoms with Crippen molar-refractivity contribution in [3.63, 3.8) is 0 Å². The summed E-state index contributed by atoms with van der Waals surface area (Å²) < 4.78 is 0. The highest BCUT2D eigenvalue weighted by Crippen LogP contribution is 2.33. The number of amides is 1. The van der Waals surface area contributed by atoms with E-state index in [2.05, 4.69) is 12.2 Å². The number of carbonyl (C=O) groups is 1. The molecule has 0 aromatic rings. The van der Waals surface area contributed by atoms with Crippen LogP contribution in [0.4, 0.5) is 0 Å². The molecule has 1 aliphatic heterocycles. The fourth-order valence-electron chi connectivity index (χ4n) is 3.07. The van der Waals surface area contributed by atoms with Crippen molar-refractivity contribution in [3.05, 3.63) is 0 Å². The normalized spacial score (nSPS) is 32.2. The Morgan fingerprint density at radius 2 is 2.12 bits per heavy atom. The molecule has 0 bridgehead atoms. The molecule has 1 heterocycles. The summed E-state index contributed by atoms with van der Waals surface area (Å²) in [4.78, 5) is 14.1. The van der Waals surface area contributed by atoms with E-state index in [1.807, 2.05) is 11.9 Å². The van der Waals surface area contributed by atoms with Crippen LogP contribution in [0.1, 0.15) is 39.0 Å². The number of carbonyl (C=O) groups excluding carboxylic acids is 1. The highest BCUT2D eigenvalue weighted by Gasteiger charge is 2.28. The van der Waals surface area contributed by atoms with E-state index in [1.54, 1.807) is 0 Å². The molecule has 2 fully saturated rings. The molecule has 1 N–H and O–H groups in total. The van der Waals surface area contributed by atoms with Crippen molar-refractivity contribution in [1.82, 2.24) is 10.2 Å². The van der Waals surface area contributed by atoms with Crippen LogP contribution >= 0.6 is 12.4 Å². The predicted octanol–water partition coefficient (Wildman–Crippen LogP) is 2.05. The molecule has 1 saturated carbocycles. The molecule has 0 radical (unpaired) electrons. The predicted molar refractivity (Wildman–Crippen MR) is 72.4 cm³/mol. The van der Waals surface area contributed by atoms with Crippen LogP contribution in [-0.2, 0) is 4.79 Å². The van der Waals surface area contributed by atoms with Crippen LogP contribution in [0, 0.1) is 11.8 Å². The lowest BCUT2D eigenvalue weighted by Gasteiger charge is -2.25. The molecule has 3 atom stereocenters. The smallest absolute Gasteiger partial charge is 0.222 e. The molecule has 1 amide bonds. The molecule has 0 aromatic heterocycles.